The molecule has 1 aliphatic heterocycles. The normalized spacial score (nSPS) is 17.3. The molecule has 5 heteroatoms. The number of piperidine rings is 1. The van der Waals surface area contributed by atoms with Crippen LogP contribution in [-0.4, -0.2) is 39.2 Å². The Morgan fingerprint density at radius 3 is 2.60 bits per heavy atom. The topological polar surface area (TPSA) is 47.4 Å². The minimum Gasteiger partial charge on any atom is -0.444 e. The van der Waals surface area contributed by atoms with Gasteiger partial charge in [-0.3, -0.25) is 0 Å². The summed E-state index contributed by atoms with van der Waals surface area (Å²) >= 11 is 0. The Hall–Kier alpha value is -1.52. The summed E-state index contributed by atoms with van der Waals surface area (Å²) in [6, 6.07) is 0.450. The third-order valence-corrected chi connectivity index (χ3v) is 3.57. The first-order chi connectivity index (χ1) is 9.40. The summed E-state index contributed by atoms with van der Waals surface area (Å²) in [6.45, 7) is 9.32. The van der Waals surface area contributed by atoms with Gasteiger partial charge in [0.1, 0.15) is 11.4 Å². The molecule has 0 spiro atoms. The molecule has 0 bridgehead atoms. The van der Waals surface area contributed by atoms with E-state index >= 15 is 0 Å². The van der Waals surface area contributed by atoms with E-state index in [1.807, 2.05) is 38.1 Å². The van der Waals surface area contributed by atoms with Gasteiger partial charge in [0.05, 0.1) is 0 Å². The maximum atomic E-state index is 12.0. The summed E-state index contributed by atoms with van der Waals surface area (Å²) in [5, 5.41) is 0. The molecule has 20 heavy (non-hydrogen) atoms. The first-order valence-electron chi connectivity index (χ1n) is 7.40. The van der Waals surface area contributed by atoms with Crippen LogP contribution in [0.1, 0.15) is 52.4 Å². The van der Waals surface area contributed by atoms with E-state index in [0.717, 1.165) is 38.2 Å². The summed E-state index contributed by atoms with van der Waals surface area (Å²) < 4.78 is 7.67. The number of amides is 1. The van der Waals surface area contributed by atoms with Crippen LogP contribution in [0.25, 0.3) is 0 Å². The third kappa shape index (κ3) is 3.52. The highest BCUT2D eigenvalue weighted by Gasteiger charge is 2.27. The molecule has 1 aliphatic rings. The summed E-state index contributed by atoms with van der Waals surface area (Å²) in [4.78, 5) is 18.2. The standard InChI is InChI=1S/C15H25N3O2/c1-5-13-16-8-11-18(13)12-6-9-17(10-7-12)14(19)20-15(2,3)4/h8,11-12H,5-7,9-10H2,1-4H3. The zero-order chi connectivity index (χ0) is 14.8. The number of carbonyl (C=O) groups excluding carboxylic acids is 1. The van der Waals surface area contributed by atoms with Crippen molar-refractivity contribution in [1.82, 2.24) is 14.5 Å². The Morgan fingerprint density at radius 1 is 1.40 bits per heavy atom. The molecular weight excluding hydrogens is 254 g/mol. The van der Waals surface area contributed by atoms with E-state index in [-0.39, 0.29) is 6.09 Å². The molecule has 0 N–H and O–H groups in total. The highest BCUT2D eigenvalue weighted by Crippen LogP contribution is 2.25. The van der Waals surface area contributed by atoms with Gasteiger partial charge < -0.3 is 14.2 Å². The zero-order valence-electron chi connectivity index (χ0n) is 12.9. The predicted octanol–water partition coefficient (Wildman–Crippen LogP) is 3.02. The van der Waals surface area contributed by atoms with E-state index in [2.05, 4.69) is 16.5 Å². The van der Waals surface area contributed by atoms with Crippen molar-refractivity contribution >= 4 is 6.09 Å². The SMILES string of the molecule is CCc1nccn1C1CCN(C(=O)OC(C)(C)C)CC1. The van der Waals surface area contributed by atoms with Gasteiger partial charge >= 0.3 is 6.09 Å². The molecule has 0 atom stereocenters. The van der Waals surface area contributed by atoms with Gasteiger partial charge in [-0.15, -0.1) is 0 Å². The maximum absolute atomic E-state index is 12.0. The Morgan fingerprint density at radius 2 is 2.05 bits per heavy atom. The molecule has 0 aromatic carbocycles. The number of hydrogen-bond donors (Lipinski definition) is 0. The van der Waals surface area contributed by atoms with E-state index in [1.165, 1.54) is 0 Å². The average Bonchev–Trinajstić information content (AvgIpc) is 2.85. The lowest BCUT2D eigenvalue weighted by atomic mass is 10.0. The average molecular weight is 279 g/mol. The molecule has 112 valence electrons. The van der Waals surface area contributed by atoms with Gasteiger partial charge in [-0.25, -0.2) is 9.78 Å². The van der Waals surface area contributed by atoms with E-state index in [1.54, 1.807) is 0 Å². The van der Waals surface area contributed by atoms with Gasteiger partial charge in [-0.2, -0.15) is 0 Å². The molecule has 0 saturated carbocycles. The third-order valence-electron chi connectivity index (χ3n) is 3.57. The number of hydrogen-bond acceptors (Lipinski definition) is 3. The lowest BCUT2D eigenvalue weighted by Crippen LogP contribution is -2.42. The molecular formula is C15H25N3O2. The Balaban J connectivity index is 1.91. The van der Waals surface area contributed by atoms with Crippen molar-refractivity contribution in [3.05, 3.63) is 18.2 Å². The number of carbonyl (C=O) groups is 1. The van der Waals surface area contributed by atoms with Crippen molar-refractivity contribution < 1.29 is 9.53 Å². The number of aromatic nitrogens is 2. The van der Waals surface area contributed by atoms with Gasteiger partial charge in [-0.05, 0) is 33.6 Å². The van der Waals surface area contributed by atoms with E-state index in [0.29, 0.717) is 6.04 Å². The quantitative estimate of drug-likeness (QED) is 0.836. The first-order valence-corrected chi connectivity index (χ1v) is 7.40. The second kappa shape index (κ2) is 5.85. The molecule has 0 radical (unpaired) electrons. The summed E-state index contributed by atoms with van der Waals surface area (Å²) in [5.41, 5.74) is -0.423. The Kier molecular flexibility index (Phi) is 4.35. The molecule has 1 aromatic rings. The fourth-order valence-electron chi connectivity index (χ4n) is 2.60. The summed E-state index contributed by atoms with van der Waals surface area (Å²) in [6.07, 6.45) is 6.58. The number of rotatable bonds is 2. The van der Waals surface area contributed by atoms with Gasteiger partial charge in [-0.1, -0.05) is 6.92 Å². The van der Waals surface area contributed by atoms with Crippen LogP contribution in [0.15, 0.2) is 12.4 Å². The highest BCUT2D eigenvalue weighted by molar-refractivity contribution is 5.68. The molecule has 1 amide bonds. The number of nitrogens with zero attached hydrogens (tertiary/aromatic N) is 3. The maximum Gasteiger partial charge on any atom is 0.410 e. The van der Waals surface area contributed by atoms with Crippen molar-refractivity contribution in [1.29, 1.82) is 0 Å². The van der Waals surface area contributed by atoms with Gasteiger partial charge in [0.2, 0.25) is 0 Å². The van der Waals surface area contributed by atoms with Crippen LogP contribution in [-0.2, 0) is 11.2 Å². The van der Waals surface area contributed by atoms with Crippen LogP contribution in [0.5, 0.6) is 0 Å². The lowest BCUT2D eigenvalue weighted by molar-refractivity contribution is 0.0188. The molecule has 1 aromatic heterocycles. The Bertz CT molecular complexity index is 454. The molecule has 0 unspecified atom stereocenters. The second-order valence-corrected chi connectivity index (χ2v) is 6.30. The number of likely N-dealkylation sites (tertiary alicyclic amines) is 1. The van der Waals surface area contributed by atoms with Crippen LogP contribution in [0.4, 0.5) is 4.79 Å². The minimum absolute atomic E-state index is 0.197. The fraction of sp³-hybridized carbons (Fsp3) is 0.733. The first kappa shape index (κ1) is 14.9. The van der Waals surface area contributed by atoms with Crippen LogP contribution in [0, 0.1) is 0 Å². The second-order valence-electron chi connectivity index (χ2n) is 6.30. The summed E-state index contributed by atoms with van der Waals surface area (Å²) in [7, 11) is 0. The molecule has 2 heterocycles. The van der Waals surface area contributed by atoms with Crippen molar-refractivity contribution in [3.63, 3.8) is 0 Å². The number of imidazole rings is 1. The smallest absolute Gasteiger partial charge is 0.410 e. The number of ether oxygens (including phenoxy) is 1. The molecule has 0 aliphatic carbocycles. The van der Waals surface area contributed by atoms with Gasteiger partial charge in [0, 0.05) is 37.9 Å². The Labute approximate surface area is 120 Å². The van der Waals surface area contributed by atoms with Crippen LogP contribution in [0.2, 0.25) is 0 Å². The van der Waals surface area contributed by atoms with E-state index in [9.17, 15) is 4.79 Å². The fourth-order valence-corrected chi connectivity index (χ4v) is 2.60. The molecule has 1 saturated heterocycles. The van der Waals surface area contributed by atoms with Crippen molar-refractivity contribution in [2.45, 2.75) is 58.6 Å². The zero-order valence-corrected chi connectivity index (χ0v) is 12.9. The van der Waals surface area contributed by atoms with Gasteiger partial charge in [0.15, 0.2) is 0 Å². The van der Waals surface area contributed by atoms with Crippen molar-refractivity contribution in [3.8, 4) is 0 Å². The minimum atomic E-state index is -0.423. The van der Waals surface area contributed by atoms with Crippen molar-refractivity contribution in [2.24, 2.45) is 0 Å². The number of aryl methyl sites for hydroxylation is 1. The van der Waals surface area contributed by atoms with Crippen molar-refractivity contribution in [2.75, 3.05) is 13.1 Å². The molecule has 1 fully saturated rings. The largest absolute Gasteiger partial charge is 0.444 e. The highest BCUT2D eigenvalue weighted by atomic mass is 16.6. The lowest BCUT2D eigenvalue weighted by Gasteiger charge is -2.34. The van der Waals surface area contributed by atoms with E-state index in [4.69, 9.17) is 4.74 Å². The van der Waals surface area contributed by atoms with Crippen LogP contribution >= 0.6 is 0 Å². The molecule has 2 rings (SSSR count). The van der Waals surface area contributed by atoms with Crippen LogP contribution in [0.3, 0.4) is 0 Å². The monoisotopic (exact) mass is 279 g/mol. The van der Waals surface area contributed by atoms with E-state index < -0.39 is 5.60 Å². The van der Waals surface area contributed by atoms with Crippen LogP contribution < -0.4 is 0 Å². The van der Waals surface area contributed by atoms with Gasteiger partial charge in [0.25, 0.3) is 0 Å². The molecule has 5 nitrogen and oxygen atoms in total. The predicted molar refractivity (Wildman–Crippen MR) is 77.7 cm³/mol. The summed E-state index contributed by atoms with van der Waals surface area (Å²) in [5.74, 6) is 1.13.